The molecule has 2 N–H and O–H groups in total. The summed E-state index contributed by atoms with van der Waals surface area (Å²) in [5.74, 6) is 0.366. The zero-order chi connectivity index (χ0) is 12.7. The number of ether oxygens (including phenoxy) is 1. The van der Waals surface area contributed by atoms with Crippen LogP contribution in [-0.2, 0) is 4.74 Å². The lowest BCUT2D eigenvalue weighted by molar-refractivity contribution is 0.133. The Morgan fingerprint density at radius 3 is 2.71 bits per heavy atom. The van der Waals surface area contributed by atoms with E-state index in [1.54, 1.807) is 7.11 Å². The summed E-state index contributed by atoms with van der Waals surface area (Å²) < 4.78 is 4.98. The second-order valence-corrected chi connectivity index (χ2v) is 4.75. The van der Waals surface area contributed by atoms with Crippen LogP contribution in [0.5, 0.6) is 0 Å². The summed E-state index contributed by atoms with van der Waals surface area (Å²) in [6.07, 6.45) is 2.63. The molecule has 100 valence electrons. The summed E-state index contributed by atoms with van der Waals surface area (Å²) in [6, 6.07) is 0.142. The van der Waals surface area contributed by atoms with Crippen molar-refractivity contribution in [3.05, 3.63) is 0 Å². The molecule has 2 amide bonds. The van der Waals surface area contributed by atoms with Crippen LogP contribution >= 0.6 is 0 Å². The molecule has 0 radical (unpaired) electrons. The molecule has 1 aliphatic heterocycles. The van der Waals surface area contributed by atoms with Crippen molar-refractivity contribution in [3.8, 4) is 0 Å². The molecule has 1 aliphatic rings. The molecule has 0 bridgehead atoms. The normalized spacial score (nSPS) is 19.1. The topological polar surface area (TPSA) is 61.8 Å². The van der Waals surface area contributed by atoms with Gasteiger partial charge in [-0.05, 0) is 32.1 Å². The fourth-order valence-corrected chi connectivity index (χ4v) is 1.99. The number of rotatable bonds is 5. The van der Waals surface area contributed by atoms with Crippen LogP contribution in [0.4, 0.5) is 4.79 Å². The molecular weight excluding hydrogens is 220 g/mol. The maximum absolute atomic E-state index is 11.9. The Bertz CT molecular complexity index is 228. The number of piperidine rings is 1. The largest absolute Gasteiger partial charge is 0.396 e. The molecule has 17 heavy (non-hydrogen) atoms. The number of nitrogens with zero attached hydrogens (tertiary/aromatic N) is 1. The number of carbonyl (C=O) groups excluding carboxylic acids is 1. The van der Waals surface area contributed by atoms with Gasteiger partial charge in [-0.1, -0.05) is 0 Å². The zero-order valence-electron chi connectivity index (χ0n) is 10.8. The average molecular weight is 244 g/mol. The highest BCUT2D eigenvalue weighted by atomic mass is 16.5. The molecule has 0 aromatic carbocycles. The summed E-state index contributed by atoms with van der Waals surface area (Å²) in [6.45, 7) is 4.37. The highest BCUT2D eigenvalue weighted by molar-refractivity contribution is 5.74. The number of carbonyl (C=O) groups is 1. The van der Waals surface area contributed by atoms with Crippen LogP contribution in [-0.4, -0.2) is 55.5 Å². The Hall–Kier alpha value is -0.810. The molecular formula is C12H24N2O3. The van der Waals surface area contributed by atoms with E-state index in [2.05, 4.69) is 5.32 Å². The van der Waals surface area contributed by atoms with Crippen molar-refractivity contribution in [2.45, 2.75) is 32.2 Å². The lowest BCUT2D eigenvalue weighted by Gasteiger charge is -2.32. The second-order valence-electron chi connectivity index (χ2n) is 4.75. The van der Waals surface area contributed by atoms with Gasteiger partial charge in [0.2, 0.25) is 0 Å². The van der Waals surface area contributed by atoms with E-state index in [0.29, 0.717) is 12.5 Å². The smallest absolute Gasteiger partial charge is 0.317 e. The monoisotopic (exact) mass is 244 g/mol. The van der Waals surface area contributed by atoms with Crippen LogP contribution in [0.2, 0.25) is 0 Å². The van der Waals surface area contributed by atoms with Crippen LogP contribution in [0, 0.1) is 5.92 Å². The van der Waals surface area contributed by atoms with Crippen LogP contribution in [0.1, 0.15) is 26.2 Å². The number of hydrogen-bond acceptors (Lipinski definition) is 3. The van der Waals surface area contributed by atoms with Crippen molar-refractivity contribution >= 4 is 6.03 Å². The average Bonchev–Trinajstić information content (AvgIpc) is 2.36. The minimum absolute atomic E-state index is 0.00462. The highest BCUT2D eigenvalue weighted by Crippen LogP contribution is 2.16. The molecule has 1 saturated heterocycles. The van der Waals surface area contributed by atoms with Gasteiger partial charge in [0, 0.05) is 39.5 Å². The van der Waals surface area contributed by atoms with Gasteiger partial charge in [-0.25, -0.2) is 4.79 Å². The first-order valence-corrected chi connectivity index (χ1v) is 6.32. The predicted molar refractivity (Wildman–Crippen MR) is 65.9 cm³/mol. The molecule has 0 aromatic heterocycles. The molecule has 5 heteroatoms. The maximum atomic E-state index is 11.9. The van der Waals surface area contributed by atoms with E-state index >= 15 is 0 Å². The number of likely N-dealkylation sites (tertiary alicyclic amines) is 1. The van der Waals surface area contributed by atoms with Crippen molar-refractivity contribution in [1.82, 2.24) is 10.2 Å². The number of nitrogens with one attached hydrogen (secondary N) is 1. The molecule has 0 aliphatic carbocycles. The van der Waals surface area contributed by atoms with Crippen molar-refractivity contribution < 1.29 is 14.6 Å². The maximum Gasteiger partial charge on any atom is 0.317 e. The summed E-state index contributed by atoms with van der Waals surface area (Å²) in [4.78, 5) is 13.7. The molecule has 1 heterocycles. The van der Waals surface area contributed by atoms with Gasteiger partial charge >= 0.3 is 6.03 Å². The van der Waals surface area contributed by atoms with Gasteiger partial charge in [0.05, 0.1) is 0 Å². The van der Waals surface area contributed by atoms with Gasteiger partial charge in [-0.3, -0.25) is 0 Å². The van der Waals surface area contributed by atoms with Gasteiger partial charge in [0.1, 0.15) is 0 Å². The molecule has 1 fully saturated rings. The van der Waals surface area contributed by atoms with E-state index in [1.165, 1.54) is 0 Å². The first-order valence-electron chi connectivity index (χ1n) is 6.32. The van der Waals surface area contributed by atoms with Crippen molar-refractivity contribution in [2.24, 2.45) is 5.92 Å². The van der Waals surface area contributed by atoms with Crippen molar-refractivity contribution in [3.63, 3.8) is 0 Å². The number of aliphatic hydroxyl groups is 1. The number of amides is 2. The molecule has 0 spiro atoms. The fourth-order valence-electron chi connectivity index (χ4n) is 1.99. The fraction of sp³-hybridized carbons (Fsp3) is 0.917. The summed E-state index contributed by atoms with van der Waals surface area (Å²) in [7, 11) is 1.66. The van der Waals surface area contributed by atoms with Crippen LogP contribution in [0.25, 0.3) is 0 Å². The van der Waals surface area contributed by atoms with Gasteiger partial charge in [0.15, 0.2) is 0 Å². The van der Waals surface area contributed by atoms with Crippen LogP contribution < -0.4 is 5.32 Å². The molecule has 1 atom stereocenters. The third kappa shape index (κ3) is 4.91. The Morgan fingerprint density at radius 1 is 1.53 bits per heavy atom. The van der Waals surface area contributed by atoms with E-state index in [9.17, 15) is 4.79 Å². The number of methoxy groups -OCH3 is 1. The van der Waals surface area contributed by atoms with E-state index in [1.807, 2.05) is 11.8 Å². The van der Waals surface area contributed by atoms with Crippen LogP contribution in [0.3, 0.4) is 0 Å². The van der Waals surface area contributed by atoms with Crippen molar-refractivity contribution in [2.75, 3.05) is 33.4 Å². The highest BCUT2D eigenvalue weighted by Gasteiger charge is 2.22. The quantitative estimate of drug-likeness (QED) is 0.753. The second kappa shape index (κ2) is 7.50. The minimum atomic E-state index is 0.00462. The zero-order valence-corrected chi connectivity index (χ0v) is 10.8. The summed E-state index contributed by atoms with van der Waals surface area (Å²) in [5, 5.41) is 12.0. The summed E-state index contributed by atoms with van der Waals surface area (Å²) >= 11 is 0. The molecule has 0 aromatic rings. The Morgan fingerprint density at radius 2 is 2.18 bits per heavy atom. The number of aliphatic hydroxyl groups excluding tert-OH is 1. The molecule has 1 rings (SSSR count). The first-order chi connectivity index (χ1) is 8.17. The Kier molecular flexibility index (Phi) is 6.29. The number of hydrogen-bond donors (Lipinski definition) is 2. The third-order valence-electron chi connectivity index (χ3n) is 3.28. The van der Waals surface area contributed by atoms with Gasteiger partial charge in [0.25, 0.3) is 0 Å². The van der Waals surface area contributed by atoms with E-state index < -0.39 is 0 Å². The standard InChI is InChI=1S/C12H24N2O3/c1-10(5-8-17-2)13-12(16)14-6-3-11(9-15)4-7-14/h10-11,15H,3-9H2,1-2H3,(H,13,16). The minimum Gasteiger partial charge on any atom is -0.396 e. The lowest BCUT2D eigenvalue weighted by atomic mass is 9.98. The van der Waals surface area contributed by atoms with Crippen molar-refractivity contribution in [1.29, 1.82) is 0 Å². The molecule has 0 saturated carbocycles. The van der Waals surface area contributed by atoms with Crippen LogP contribution in [0.15, 0.2) is 0 Å². The summed E-state index contributed by atoms with van der Waals surface area (Å²) in [5.41, 5.74) is 0. The first kappa shape index (κ1) is 14.3. The lowest BCUT2D eigenvalue weighted by Crippen LogP contribution is -2.47. The molecule has 1 unspecified atom stereocenters. The molecule has 5 nitrogen and oxygen atoms in total. The van der Waals surface area contributed by atoms with Gasteiger partial charge in [-0.2, -0.15) is 0 Å². The van der Waals surface area contributed by atoms with Gasteiger partial charge < -0.3 is 20.1 Å². The SMILES string of the molecule is COCCC(C)NC(=O)N1CCC(CO)CC1. The Labute approximate surface area is 103 Å². The van der Waals surface area contributed by atoms with E-state index in [-0.39, 0.29) is 18.7 Å². The van der Waals surface area contributed by atoms with Gasteiger partial charge in [-0.15, -0.1) is 0 Å². The third-order valence-corrected chi connectivity index (χ3v) is 3.28. The predicted octanol–water partition coefficient (Wildman–Crippen LogP) is 0.825. The van der Waals surface area contributed by atoms with E-state index in [4.69, 9.17) is 9.84 Å². The van der Waals surface area contributed by atoms with E-state index in [0.717, 1.165) is 32.4 Å². The Balaban J connectivity index is 2.24. The number of urea groups is 1.